The van der Waals surface area contributed by atoms with E-state index in [1.165, 1.54) is 11.3 Å². The summed E-state index contributed by atoms with van der Waals surface area (Å²) < 4.78 is 1.63. The topological polar surface area (TPSA) is 47.8 Å². The molecule has 0 amide bonds. The standard InChI is InChI=1S/C12H9N3OS/c16-12(9-5-6-17-8-9)7-15-11-4-2-1-3-10(11)13-14-15/h1-6,8H,7H2. The lowest BCUT2D eigenvalue weighted by atomic mass is 10.2. The number of rotatable bonds is 3. The molecule has 2 aromatic heterocycles. The number of carbonyl (C=O) groups is 1. The summed E-state index contributed by atoms with van der Waals surface area (Å²) in [7, 11) is 0. The molecule has 0 saturated carbocycles. The first-order valence-electron chi connectivity index (χ1n) is 5.18. The Kier molecular flexibility index (Phi) is 2.45. The number of fused-ring (bicyclic) bond motifs is 1. The molecule has 0 bridgehead atoms. The zero-order valence-electron chi connectivity index (χ0n) is 8.91. The van der Waals surface area contributed by atoms with Crippen LogP contribution in [0.15, 0.2) is 41.1 Å². The molecule has 0 unspecified atom stereocenters. The quantitative estimate of drug-likeness (QED) is 0.663. The maximum atomic E-state index is 11.9. The Bertz CT molecular complexity index is 657. The van der Waals surface area contributed by atoms with Gasteiger partial charge in [0.05, 0.1) is 5.52 Å². The number of ketones is 1. The normalized spacial score (nSPS) is 10.8. The summed E-state index contributed by atoms with van der Waals surface area (Å²) in [6.45, 7) is 0.233. The summed E-state index contributed by atoms with van der Waals surface area (Å²) in [4.78, 5) is 11.9. The van der Waals surface area contributed by atoms with Crippen molar-refractivity contribution in [3.63, 3.8) is 0 Å². The van der Waals surface area contributed by atoms with Gasteiger partial charge in [0.1, 0.15) is 12.1 Å². The van der Waals surface area contributed by atoms with E-state index in [1.54, 1.807) is 4.68 Å². The molecular weight excluding hydrogens is 234 g/mol. The highest BCUT2D eigenvalue weighted by molar-refractivity contribution is 7.08. The van der Waals surface area contributed by atoms with Crippen molar-refractivity contribution in [2.75, 3.05) is 0 Å². The van der Waals surface area contributed by atoms with E-state index in [0.29, 0.717) is 0 Å². The van der Waals surface area contributed by atoms with E-state index in [0.717, 1.165) is 16.6 Å². The average Bonchev–Trinajstić information content (AvgIpc) is 2.98. The number of hydrogen-bond acceptors (Lipinski definition) is 4. The predicted molar refractivity (Wildman–Crippen MR) is 66.2 cm³/mol. The van der Waals surface area contributed by atoms with Crippen LogP contribution in [0.1, 0.15) is 10.4 Å². The summed E-state index contributed by atoms with van der Waals surface area (Å²) in [6, 6.07) is 9.44. The Morgan fingerprint density at radius 3 is 3.00 bits per heavy atom. The fraction of sp³-hybridized carbons (Fsp3) is 0.0833. The molecule has 0 fully saturated rings. The second kappa shape index (κ2) is 4.10. The van der Waals surface area contributed by atoms with Crippen molar-refractivity contribution in [2.45, 2.75) is 6.54 Å². The van der Waals surface area contributed by atoms with Gasteiger partial charge in [0.25, 0.3) is 0 Å². The van der Waals surface area contributed by atoms with E-state index in [9.17, 15) is 4.79 Å². The molecule has 4 nitrogen and oxygen atoms in total. The van der Waals surface area contributed by atoms with Gasteiger partial charge in [0, 0.05) is 10.9 Å². The lowest BCUT2D eigenvalue weighted by molar-refractivity contribution is 0.0969. The number of carbonyl (C=O) groups excluding carboxylic acids is 1. The van der Waals surface area contributed by atoms with E-state index < -0.39 is 0 Å². The summed E-state index contributed by atoms with van der Waals surface area (Å²) in [5.74, 6) is 0.0573. The van der Waals surface area contributed by atoms with Gasteiger partial charge in [-0.15, -0.1) is 5.10 Å². The molecule has 2 heterocycles. The van der Waals surface area contributed by atoms with Crippen molar-refractivity contribution in [3.8, 4) is 0 Å². The Morgan fingerprint density at radius 1 is 1.29 bits per heavy atom. The maximum absolute atomic E-state index is 11.9. The lowest BCUT2D eigenvalue weighted by Crippen LogP contribution is -2.10. The van der Waals surface area contributed by atoms with Crippen molar-refractivity contribution in [2.24, 2.45) is 0 Å². The second-order valence-electron chi connectivity index (χ2n) is 3.67. The molecule has 0 saturated heterocycles. The molecule has 0 aliphatic carbocycles. The fourth-order valence-electron chi connectivity index (χ4n) is 1.68. The van der Waals surface area contributed by atoms with Crippen molar-refractivity contribution in [3.05, 3.63) is 46.7 Å². The third-order valence-electron chi connectivity index (χ3n) is 2.56. The zero-order chi connectivity index (χ0) is 11.7. The molecule has 0 radical (unpaired) electrons. The number of nitrogens with zero attached hydrogens (tertiary/aromatic N) is 3. The van der Waals surface area contributed by atoms with Crippen LogP contribution in [0.3, 0.4) is 0 Å². The van der Waals surface area contributed by atoms with Crippen LogP contribution in [0.4, 0.5) is 0 Å². The smallest absolute Gasteiger partial charge is 0.185 e. The first-order chi connectivity index (χ1) is 8.34. The van der Waals surface area contributed by atoms with Gasteiger partial charge >= 0.3 is 0 Å². The molecular formula is C12H9N3OS. The summed E-state index contributed by atoms with van der Waals surface area (Å²) in [5, 5.41) is 11.8. The number of Topliss-reactive ketones (excluding diaryl/α,β-unsaturated/α-hetero) is 1. The van der Waals surface area contributed by atoms with Crippen molar-refractivity contribution in [1.29, 1.82) is 0 Å². The maximum Gasteiger partial charge on any atom is 0.185 e. The molecule has 0 N–H and O–H groups in total. The van der Waals surface area contributed by atoms with Gasteiger partial charge in [-0.2, -0.15) is 11.3 Å². The Morgan fingerprint density at radius 2 is 2.18 bits per heavy atom. The highest BCUT2D eigenvalue weighted by atomic mass is 32.1. The molecule has 0 spiro atoms. The minimum Gasteiger partial charge on any atom is -0.292 e. The van der Waals surface area contributed by atoms with E-state index in [1.807, 2.05) is 41.1 Å². The van der Waals surface area contributed by atoms with Gasteiger partial charge in [0.15, 0.2) is 5.78 Å². The van der Waals surface area contributed by atoms with Crippen molar-refractivity contribution >= 4 is 28.2 Å². The first-order valence-corrected chi connectivity index (χ1v) is 6.12. The SMILES string of the molecule is O=C(Cn1nnc2ccccc21)c1ccsc1. The lowest BCUT2D eigenvalue weighted by Gasteiger charge is -1.99. The van der Waals surface area contributed by atoms with Gasteiger partial charge in [-0.05, 0) is 23.6 Å². The molecule has 0 aliphatic rings. The molecule has 1 aromatic carbocycles. The Labute approximate surface area is 101 Å². The highest BCUT2D eigenvalue weighted by Gasteiger charge is 2.10. The number of benzene rings is 1. The number of para-hydroxylation sites is 1. The third-order valence-corrected chi connectivity index (χ3v) is 3.24. The summed E-state index contributed by atoms with van der Waals surface area (Å²) in [5.41, 5.74) is 2.43. The highest BCUT2D eigenvalue weighted by Crippen LogP contribution is 2.12. The van der Waals surface area contributed by atoms with Crippen LogP contribution in [-0.2, 0) is 6.54 Å². The average molecular weight is 243 g/mol. The Balaban J connectivity index is 1.93. The second-order valence-corrected chi connectivity index (χ2v) is 4.45. The molecule has 3 aromatic rings. The number of hydrogen-bond donors (Lipinski definition) is 0. The summed E-state index contributed by atoms with van der Waals surface area (Å²) in [6.07, 6.45) is 0. The number of thiophene rings is 1. The van der Waals surface area contributed by atoms with Crippen LogP contribution in [-0.4, -0.2) is 20.8 Å². The largest absolute Gasteiger partial charge is 0.292 e. The van der Waals surface area contributed by atoms with Crippen LogP contribution in [0, 0.1) is 0 Å². The van der Waals surface area contributed by atoms with Gasteiger partial charge < -0.3 is 0 Å². The van der Waals surface area contributed by atoms with Crippen molar-refractivity contribution < 1.29 is 4.79 Å². The van der Waals surface area contributed by atoms with Gasteiger partial charge in [-0.1, -0.05) is 17.3 Å². The van der Waals surface area contributed by atoms with Crippen LogP contribution < -0.4 is 0 Å². The molecule has 3 rings (SSSR count). The molecule has 84 valence electrons. The monoisotopic (exact) mass is 243 g/mol. The molecule has 5 heteroatoms. The molecule has 0 atom stereocenters. The first kappa shape index (κ1) is 10.2. The van der Waals surface area contributed by atoms with Crippen molar-refractivity contribution in [1.82, 2.24) is 15.0 Å². The van der Waals surface area contributed by atoms with Crippen LogP contribution in [0.2, 0.25) is 0 Å². The molecule has 0 aliphatic heterocycles. The van der Waals surface area contributed by atoms with Crippen LogP contribution in [0.25, 0.3) is 11.0 Å². The number of aromatic nitrogens is 3. The van der Waals surface area contributed by atoms with Crippen LogP contribution in [0.5, 0.6) is 0 Å². The minimum absolute atomic E-state index is 0.0573. The molecule has 17 heavy (non-hydrogen) atoms. The minimum atomic E-state index is 0.0573. The fourth-order valence-corrected chi connectivity index (χ4v) is 2.34. The predicted octanol–water partition coefficient (Wildman–Crippen LogP) is 2.38. The van der Waals surface area contributed by atoms with Gasteiger partial charge in [-0.25, -0.2) is 4.68 Å². The van der Waals surface area contributed by atoms with E-state index in [4.69, 9.17) is 0 Å². The van der Waals surface area contributed by atoms with E-state index in [2.05, 4.69) is 10.3 Å². The summed E-state index contributed by atoms with van der Waals surface area (Å²) >= 11 is 1.52. The Hall–Kier alpha value is -2.01. The van der Waals surface area contributed by atoms with E-state index >= 15 is 0 Å². The zero-order valence-corrected chi connectivity index (χ0v) is 9.72. The van der Waals surface area contributed by atoms with Gasteiger partial charge in [-0.3, -0.25) is 4.79 Å². The van der Waals surface area contributed by atoms with E-state index in [-0.39, 0.29) is 12.3 Å². The third kappa shape index (κ3) is 1.85. The van der Waals surface area contributed by atoms with Crippen LogP contribution >= 0.6 is 11.3 Å². The van der Waals surface area contributed by atoms with Gasteiger partial charge in [0.2, 0.25) is 0 Å².